The van der Waals surface area contributed by atoms with E-state index in [1.54, 1.807) is 0 Å². The number of carboxylic acids is 1. The summed E-state index contributed by atoms with van der Waals surface area (Å²) in [4.78, 5) is 10.0. The summed E-state index contributed by atoms with van der Waals surface area (Å²) in [5, 5.41) is 8.15. The molecular weight excluding hydrogens is 144 g/mol. The summed E-state index contributed by atoms with van der Waals surface area (Å²) in [6.07, 6.45) is 0. The molecular formula is C5H7F2NO2. The van der Waals surface area contributed by atoms with Crippen molar-refractivity contribution in [3.8, 4) is 0 Å². The van der Waals surface area contributed by atoms with Gasteiger partial charge >= 0.3 is 5.97 Å². The summed E-state index contributed by atoms with van der Waals surface area (Å²) in [6.45, 7) is -0.260. The number of aliphatic carboxylic acids is 1. The molecule has 0 aromatic heterocycles. The number of hydrogen-bond acceptors (Lipinski definition) is 2. The number of carbonyl (C=O) groups is 1. The van der Waals surface area contributed by atoms with Crippen molar-refractivity contribution in [3.05, 3.63) is 0 Å². The standard InChI is InChI=1S/C5H7F2NO2/c6-5(7)2(1-8)3(5)4(9)10/h2-3H,1,8H2,(H,9,10)/t2-,3+/m0/s1. The molecule has 0 radical (unpaired) electrons. The van der Waals surface area contributed by atoms with Crippen LogP contribution in [0.25, 0.3) is 0 Å². The van der Waals surface area contributed by atoms with Crippen molar-refractivity contribution in [2.45, 2.75) is 5.92 Å². The molecule has 10 heavy (non-hydrogen) atoms. The van der Waals surface area contributed by atoms with Crippen LogP contribution in [0.3, 0.4) is 0 Å². The Morgan fingerprint density at radius 3 is 2.30 bits per heavy atom. The van der Waals surface area contributed by atoms with E-state index in [-0.39, 0.29) is 6.54 Å². The maximum absolute atomic E-state index is 12.3. The first kappa shape index (κ1) is 7.40. The Morgan fingerprint density at radius 1 is 1.70 bits per heavy atom. The molecule has 3 nitrogen and oxygen atoms in total. The van der Waals surface area contributed by atoms with Crippen LogP contribution in [0.4, 0.5) is 8.78 Å². The second-order valence-electron chi connectivity index (χ2n) is 2.33. The molecule has 0 unspecified atom stereocenters. The summed E-state index contributed by atoms with van der Waals surface area (Å²) in [5.74, 6) is -7.22. The van der Waals surface area contributed by atoms with Crippen molar-refractivity contribution in [1.29, 1.82) is 0 Å². The van der Waals surface area contributed by atoms with E-state index in [0.29, 0.717) is 0 Å². The normalized spacial score (nSPS) is 35.5. The van der Waals surface area contributed by atoms with Crippen LogP contribution >= 0.6 is 0 Å². The fourth-order valence-corrected chi connectivity index (χ4v) is 1.02. The average molecular weight is 151 g/mol. The van der Waals surface area contributed by atoms with Gasteiger partial charge in [-0.05, 0) is 0 Å². The average Bonchev–Trinajstić information content (AvgIpc) is 2.33. The highest BCUT2D eigenvalue weighted by atomic mass is 19.3. The molecule has 0 aliphatic heterocycles. The van der Waals surface area contributed by atoms with E-state index in [1.807, 2.05) is 0 Å². The Bertz CT molecular complexity index is 171. The summed E-state index contributed by atoms with van der Waals surface area (Å²) in [6, 6.07) is 0. The highest BCUT2D eigenvalue weighted by Crippen LogP contribution is 2.54. The van der Waals surface area contributed by atoms with E-state index in [2.05, 4.69) is 0 Å². The van der Waals surface area contributed by atoms with Crippen molar-refractivity contribution in [2.75, 3.05) is 6.54 Å². The Morgan fingerprint density at radius 2 is 2.20 bits per heavy atom. The Kier molecular flexibility index (Phi) is 1.39. The van der Waals surface area contributed by atoms with Crippen LogP contribution in [-0.4, -0.2) is 23.5 Å². The van der Waals surface area contributed by atoms with E-state index in [9.17, 15) is 13.6 Å². The van der Waals surface area contributed by atoms with Gasteiger partial charge in [0.15, 0.2) is 0 Å². The highest BCUT2D eigenvalue weighted by molar-refractivity contribution is 5.76. The van der Waals surface area contributed by atoms with Gasteiger partial charge in [-0.25, -0.2) is 8.78 Å². The summed E-state index contributed by atoms with van der Waals surface area (Å²) in [5.41, 5.74) is 4.89. The van der Waals surface area contributed by atoms with Crippen LogP contribution in [0, 0.1) is 11.8 Å². The molecule has 1 saturated carbocycles. The summed E-state index contributed by atoms with van der Waals surface area (Å²) >= 11 is 0. The smallest absolute Gasteiger partial charge is 0.313 e. The first-order chi connectivity index (χ1) is 4.51. The highest BCUT2D eigenvalue weighted by Gasteiger charge is 2.71. The Hall–Kier alpha value is -0.710. The van der Waals surface area contributed by atoms with Crippen molar-refractivity contribution in [3.63, 3.8) is 0 Å². The maximum atomic E-state index is 12.3. The van der Waals surface area contributed by atoms with Gasteiger partial charge in [-0.15, -0.1) is 0 Å². The molecule has 0 spiro atoms. The van der Waals surface area contributed by atoms with Crippen LogP contribution in [0.15, 0.2) is 0 Å². The van der Waals surface area contributed by atoms with Gasteiger partial charge < -0.3 is 10.8 Å². The van der Waals surface area contributed by atoms with Crippen LogP contribution in [0.1, 0.15) is 0 Å². The first-order valence-electron chi connectivity index (χ1n) is 2.82. The Labute approximate surface area is 55.8 Å². The number of halogens is 2. The van der Waals surface area contributed by atoms with Crippen LogP contribution < -0.4 is 5.73 Å². The summed E-state index contributed by atoms with van der Waals surface area (Å²) < 4.78 is 24.5. The minimum atomic E-state index is -3.07. The zero-order valence-electron chi connectivity index (χ0n) is 5.05. The molecule has 0 saturated heterocycles. The predicted molar refractivity (Wildman–Crippen MR) is 28.6 cm³/mol. The molecule has 0 aromatic rings. The van der Waals surface area contributed by atoms with E-state index in [0.717, 1.165) is 0 Å². The van der Waals surface area contributed by atoms with E-state index >= 15 is 0 Å². The van der Waals surface area contributed by atoms with Crippen molar-refractivity contribution in [2.24, 2.45) is 17.6 Å². The van der Waals surface area contributed by atoms with E-state index < -0.39 is 23.7 Å². The van der Waals surface area contributed by atoms with E-state index in [4.69, 9.17) is 10.8 Å². The second-order valence-corrected chi connectivity index (χ2v) is 2.33. The van der Waals surface area contributed by atoms with Crippen LogP contribution in [-0.2, 0) is 4.79 Å². The minimum absolute atomic E-state index is 0.260. The third kappa shape index (κ3) is 0.775. The molecule has 0 aromatic carbocycles. The third-order valence-electron chi connectivity index (χ3n) is 1.72. The van der Waals surface area contributed by atoms with Crippen LogP contribution in [0.2, 0.25) is 0 Å². The quantitative estimate of drug-likeness (QED) is 0.579. The molecule has 0 bridgehead atoms. The monoisotopic (exact) mass is 151 g/mol. The number of rotatable bonds is 2. The number of nitrogens with two attached hydrogens (primary N) is 1. The lowest BCUT2D eigenvalue weighted by atomic mass is 10.3. The molecule has 1 aliphatic carbocycles. The second kappa shape index (κ2) is 1.88. The predicted octanol–water partition coefficient (Wildman–Crippen LogP) is -0.0890. The number of alkyl halides is 2. The van der Waals surface area contributed by atoms with Gasteiger partial charge in [-0.1, -0.05) is 0 Å². The third-order valence-corrected chi connectivity index (χ3v) is 1.72. The SMILES string of the molecule is NC[C@H]1[C@H](C(=O)O)C1(F)F. The Balaban J connectivity index is 2.61. The molecule has 1 fully saturated rings. The molecule has 2 atom stereocenters. The van der Waals surface area contributed by atoms with Gasteiger partial charge in [0.05, 0.1) is 5.92 Å². The topological polar surface area (TPSA) is 63.3 Å². The van der Waals surface area contributed by atoms with Gasteiger partial charge in [-0.3, -0.25) is 4.79 Å². The zero-order chi connectivity index (χ0) is 7.94. The van der Waals surface area contributed by atoms with Gasteiger partial charge in [0.25, 0.3) is 5.92 Å². The lowest BCUT2D eigenvalue weighted by molar-refractivity contribution is -0.140. The molecule has 3 N–H and O–H groups in total. The van der Waals surface area contributed by atoms with Gasteiger partial charge in [0, 0.05) is 6.54 Å². The summed E-state index contributed by atoms with van der Waals surface area (Å²) in [7, 11) is 0. The first-order valence-corrected chi connectivity index (χ1v) is 2.82. The van der Waals surface area contributed by atoms with E-state index in [1.165, 1.54) is 0 Å². The number of hydrogen-bond donors (Lipinski definition) is 2. The van der Waals surface area contributed by atoms with Crippen LogP contribution in [0.5, 0.6) is 0 Å². The largest absolute Gasteiger partial charge is 0.481 e. The minimum Gasteiger partial charge on any atom is -0.481 e. The van der Waals surface area contributed by atoms with Crippen molar-refractivity contribution in [1.82, 2.24) is 0 Å². The molecule has 1 rings (SSSR count). The lowest BCUT2D eigenvalue weighted by Gasteiger charge is -1.87. The molecule has 0 amide bonds. The molecule has 5 heteroatoms. The van der Waals surface area contributed by atoms with Crippen molar-refractivity contribution < 1.29 is 18.7 Å². The molecule has 58 valence electrons. The molecule has 1 aliphatic rings. The lowest BCUT2D eigenvalue weighted by Crippen LogP contribution is -2.07. The zero-order valence-corrected chi connectivity index (χ0v) is 5.05. The van der Waals surface area contributed by atoms with Gasteiger partial charge in [0.1, 0.15) is 5.92 Å². The fraction of sp³-hybridized carbons (Fsp3) is 0.800. The van der Waals surface area contributed by atoms with Crippen molar-refractivity contribution >= 4 is 5.97 Å². The molecule has 0 heterocycles. The van der Waals surface area contributed by atoms with Gasteiger partial charge in [0.2, 0.25) is 0 Å². The fourth-order valence-electron chi connectivity index (χ4n) is 1.02. The maximum Gasteiger partial charge on any atom is 0.313 e. The van der Waals surface area contributed by atoms with Gasteiger partial charge in [-0.2, -0.15) is 0 Å². The number of carboxylic acid groups (broad SMARTS) is 1.